The Labute approximate surface area is 62.9 Å². The lowest BCUT2D eigenvalue weighted by Gasteiger charge is -2.00. The summed E-state index contributed by atoms with van der Waals surface area (Å²) >= 11 is -2.19. The van der Waals surface area contributed by atoms with E-state index >= 15 is 0 Å². The predicted octanol–water partition coefficient (Wildman–Crippen LogP) is -0.377. The first-order chi connectivity index (χ1) is 4.77. The summed E-state index contributed by atoms with van der Waals surface area (Å²) in [4.78, 5) is 0. The summed E-state index contributed by atoms with van der Waals surface area (Å²) in [5.74, 6) is 0. The average molecular weight is 163 g/mol. The molecule has 0 bridgehead atoms. The lowest BCUT2D eigenvalue weighted by Crippen LogP contribution is -2.07. The summed E-state index contributed by atoms with van der Waals surface area (Å²) in [5, 5.41) is 0. The summed E-state index contributed by atoms with van der Waals surface area (Å²) in [6.45, 7) is 0.630. The summed E-state index contributed by atoms with van der Waals surface area (Å²) in [7, 11) is 0. The van der Waals surface area contributed by atoms with Crippen molar-refractivity contribution in [2.45, 2.75) is 12.8 Å². The fraction of sp³-hybridized carbons (Fsp3) is 0.600. The Bertz CT molecular complexity index is 127. The van der Waals surface area contributed by atoms with Crippen LogP contribution in [0.2, 0.25) is 0 Å². The number of rotatable bonds is 5. The highest BCUT2D eigenvalue weighted by atomic mass is 32.2. The SMILES string of the molecule is NCCCC=CNS(=O)[O-]. The first-order valence-electron chi connectivity index (χ1n) is 2.98. The minimum Gasteiger partial charge on any atom is -0.755 e. The summed E-state index contributed by atoms with van der Waals surface area (Å²) in [5.41, 5.74) is 5.19. The fourth-order valence-corrected chi connectivity index (χ4v) is 0.630. The Morgan fingerprint density at radius 2 is 2.40 bits per heavy atom. The van der Waals surface area contributed by atoms with E-state index in [2.05, 4.69) is 4.72 Å². The Kier molecular flexibility index (Phi) is 6.46. The van der Waals surface area contributed by atoms with E-state index in [1.54, 1.807) is 6.08 Å². The van der Waals surface area contributed by atoms with Crippen LogP contribution in [0.1, 0.15) is 12.8 Å². The molecule has 0 heterocycles. The largest absolute Gasteiger partial charge is 0.755 e. The molecular weight excluding hydrogens is 152 g/mol. The van der Waals surface area contributed by atoms with E-state index in [4.69, 9.17) is 5.73 Å². The van der Waals surface area contributed by atoms with E-state index in [1.807, 2.05) is 0 Å². The molecule has 4 nitrogen and oxygen atoms in total. The molecule has 0 aromatic rings. The topological polar surface area (TPSA) is 78.2 Å². The van der Waals surface area contributed by atoms with Crippen molar-refractivity contribution in [3.05, 3.63) is 12.3 Å². The van der Waals surface area contributed by atoms with Gasteiger partial charge in [-0.2, -0.15) is 0 Å². The molecule has 0 aliphatic heterocycles. The molecule has 0 saturated heterocycles. The molecule has 5 heteroatoms. The predicted molar refractivity (Wildman–Crippen MR) is 39.5 cm³/mol. The summed E-state index contributed by atoms with van der Waals surface area (Å²) < 4.78 is 21.8. The van der Waals surface area contributed by atoms with Crippen molar-refractivity contribution in [1.82, 2.24) is 4.72 Å². The average Bonchev–Trinajstić information content (AvgIpc) is 1.87. The zero-order valence-electron chi connectivity index (χ0n) is 5.58. The van der Waals surface area contributed by atoms with Gasteiger partial charge in [0.25, 0.3) is 0 Å². The molecule has 0 amide bonds. The third-order valence-corrected chi connectivity index (χ3v) is 1.19. The molecule has 0 fully saturated rings. The monoisotopic (exact) mass is 163 g/mol. The van der Waals surface area contributed by atoms with Crippen molar-refractivity contribution >= 4 is 11.3 Å². The van der Waals surface area contributed by atoms with Crippen molar-refractivity contribution in [3.63, 3.8) is 0 Å². The third kappa shape index (κ3) is 7.61. The zero-order chi connectivity index (χ0) is 7.82. The second-order valence-electron chi connectivity index (χ2n) is 1.69. The maximum atomic E-state index is 9.84. The quantitative estimate of drug-likeness (QED) is 0.428. The van der Waals surface area contributed by atoms with Gasteiger partial charge in [0.2, 0.25) is 0 Å². The fourth-order valence-electron chi connectivity index (χ4n) is 0.423. The van der Waals surface area contributed by atoms with Crippen LogP contribution in [0, 0.1) is 0 Å². The Hall–Kier alpha value is -0.390. The molecule has 0 rings (SSSR count). The molecule has 0 radical (unpaired) electrons. The maximum absolute atomic E-state index is 9.84. The highest BCUT2D eigenvalue weighted by Gasteiger charge is 1.76. The van der Waals surface area contributed by atoms with Crippen molar-refractivity contribution in [2.24, 2.45) is 5.73 Å². The van der Waals surface area contributed by atoms with Crippen molar-refractivity contribution in [2.75, 3.05) is 6.54 Å². The standard InChI is InChI=1S/C5H12N2O2S/c6-4-2-1-3-5-7-10(8)9/h3,5,7H,1-2,4,6H2,(H,8,9)/p-1. The molecule has 0 aromatic heterocycles. The molecule has 0 aliphatic carbocycles. The number of nitrogens with two attached hydrogens (primary N) is 1. The Balaban J connectivity index is 3.12. The van der Waals surface area contributed by atoms with Crippen LogP contribution >= 0.6 is 0 Å². The van der Waals surface area contributed by atoms with Gasteiger partial charge in [0.15, 0.2) is 0 Å². The molecule has 3 N–H and O–H groups in total. The van der Waals surface area contributed by atoms with Gasteiger partial charge >= 0.3 is 0 Å². The molecule has 0 saturated carbocycles. The van der Waals surface area contributed by atoms with Gasteiger partial charge in [-0.05, 0) is 19.4 Å². The van der Waals surface area contributed by atoms with Gasteiger partial charge in [-0.25, -0.2) is 0 Å². The molecule has 1 unspecified atom stereocenters. The van der Waals surface area contributed by atoms with Gasteiger partial charge in [-0.15, -0.1) is 0 Å². The number of hydrogen-bond donors (Lipinski definition) is 2. The molecule has 60 valence electrons. The van der Waals surface area contributed by atoms with Crippen molar-refractivity contribution in [1.29, 1.82) is 0 Å². The van der Waals surface area contributed by atoms with Gasteiger partial charge in [0.1, 0.15) is 0 Å². The molecule has 0 aliphatic rings. The van der Waals surface area contributed by atoms with Crippen LogP contribution in [0.25, 0.3) is 0 Å². The first kappa shape index (κ1) is 9.61. The Morgan fingerprint density at radius 1 is 1.70 bits per heavy atom. The van der Waals surface area contributed by atoms with Gasteiger partial charge < -0.3 is 15.0 Å². The number of nitrogens with one attached hydrogen (secondary N) is 1. The van der Waals surface area contributed by atoms with Gasteiger partial charge in [-0.1, -0.05) is 6.08 Å². The second kappa shape index (κ2) is 6.73. The third-order valence-electron chi connectivity index (χ3n) is 0.857. The van der Waals surface area contributed by atoms with Crippen LogP contribution in [0.15, 0.2) is 12.3 Å². The highest BCUT2D eigenvalue weighted by molar-refractivity contribution is 7.77. The number of hydrogen-bond acceptors (Lipinski definition) is 3. The van der Waals surface area contributed by atoms with Crippen LogP contribution in [-0.4, -0.2) is 15.3 Å². The normalized spacial score (nSPS) is 13.8. The number of allylic oxidation sites excluding steroid dienone is 1. The molecule has 10 heavy (non-hydrogen) atoms. The molecular formula is C5H11N2O2S-. The number of unbranched alkanes of at least 4 members (excludes halogenated alkanes) is 1. The van der Waals surface area contributed by atoms with E-state index < -0.39 is 11.3 Å². The lowest BCUT2D eigenvalue weighted by atomic mass is 10.3. The van der Waals surface area contributed by atoms with Gasteiger partial charge in [-0.3, -0.25) is 4.21 Å². The van der Waals surface area contributed by atoms with Crippen LogP contribution in [0.4, 0.5) is 0 Å². The molecule has 1 atom stereocenters. The van der Waals surface area contributed by atoms with E-state index in [9.17, 15) is 8.76 Å². The molecule has 0 spiro atoms. The van der Waals surface area contributed by atoms with Crippen LogP contribution < -0.4 is 10.5 Å². The smallest absolute Gasteiger partial charge is 0.0442 e. The van der Waals surface area contributed by atoms with Crippen LogP contribution in [0.3, 0.4) is 0 Å². The Morgan fingerprint density at radius 3 is 2.90 bits per heavy atom. The van der Waals surface area contributed by atoms with E-state index in [0.29, 0.717) is 6.54 Å². The summed E-state index contributed by atoms with van der Waals surface area (Å²) in [6, 6.07) is 0. The summed E-state index contributed by atoms with van der Waals surface area (Å²) in [6.07, 6.45) is 4.80. The van der Waals surface area contributed by atoms with Crippen LogP contribution in [-0.2, 0) is 11.3 Å². The van der Waals surface area contributed by atoms with Gasteiger partial charge in [0.05, 0.1) is 0 Å². The second-order valence-corrected chi connectivity index (χ2v) is 2.39. The molecule has 0 aromatic carbocycles. The minimum absolute atomic E-state index is 0.630. The van der Waals surface area contributed by atoms with E-state index in [1.165, 1.54) is 6.20 Å². The van der Waals surface area contributed by atoms with E-state index in [-0.39, 0.29) is 0 Å². The maximum Gasteiger partial charge on any atom is 0.0442 e. The van der Waals surface area contributed by atoms with Gasteiger partial charge in [0, 0.05) is 17.5 Å². The highest BCUT2D eigenvalue weighted by Crippen LogP contribution is 1.85. The van der Waals surface area contributed by atoms with E-state index in [0.717, 1.165) is 12.8 Å². The van der Waals surface area contributed by atoms with Crippen molar-refractivity contribution in [3.8, 4) is 0 Å². The minimum atomic E-state index is -2.19. The zero-order valence-corrected chi connectivity index (χ0v) is 6.39. The van der Waals surface area contributed by atoms with Crippen molar-refractivity contribution < 1.29 is 8.76 Å². The van der Waals surface area contributed by atoms with Crippen LogP contribution in [0.5, 0.6) is 0 Å². The lowest BCUT2D eigenvalue weighted by molar-refractivity contribution is 0.531. The first-order valence-corrected chi connectivity index (χ1v) is 4.05.